The lowest BCUT2D eigenvalue weighted by Gasteiger charge is -2.29. The van der Waals surface area contributed by atoms with Crippen molar-refractivity contribution in [1.82, 2.24) is 0 Å². The van der Waals surface area contributed by atoms with Crippen LogP contribution >= 0.6 is 0 Å². The fraction of sp³-hybridized carbons (Fsp3) is 0.714. The lowest BCUT2D eigenvalue weighted by molar-refractivity contribution is 0.185. The molecule has 0 aliphatic heterocycles. The van der Waals surface area contributed by atoms with E-state index in [2.05, 4.69) is 31.2 Å². The maximum Gasteiger partial charge on any atom is 0.0713 e. The molecule has 0 saturated heterocycles. The van der Waals surface area contributed by atoms with Gasteiger partial charge in [-0.15, -0.1) is 0 Å². The summed E-state index contributed by atoms with van der Waals surface area (Å²) < 4.78 is 5.19. The Morgan fingerprint density at radius 2 is 1.59 bits per heavy atom. The van der Waals surface area contributed by atoms with Crippen LogP contribution in [0.25, 0.3) is 0 Å². The predicted octanol–water partition coefficient (Wildman–Crippen LogP) is 6.47. The zero-order chi connectivity index (χ0) is 15.6. The Balaban J connectivity index is 1.68. The molecular weight excluding hydrogens is 268 g/mol. The van der Waals surface area contributed by atoms with Crippen LogP contribution < -0.4 is 0 Å². The van der Waals surface area contributed by atoms with E-state index in [4.69, 9.17) is 4.74 Å². The number of hydrogen-bond acceptors (Lipinski definition) is 1. The molecule has 0 N–H and O–H groups in total. The number of rotatable bonds is 9. The van der Waals surface area contributed by atoms with Crippen molar-refractivity contribution in [3.05, 3.63) is 35.4 Å². The average Bonchev–Trinajstić information content (AvgIpc) is 2.56. The first-order valence-electron chi connectivity index (χ1n) is 9.41. The number of methoxy groups -OCH3 is 1. The first kappa shape index (κ1) is 17.5. The molecule has 0 spiro atoms. The zero-order valence-electron chi connectivity index (χ0n) is 14.7. The molecule has 0 radical (unpaired) electrons. The summed E-state index contributed by atoms with van der Waals surface area (Å²) in [7, 11) is 1.76. The van der Waals surface area contributed by atoms with Crippen molar-refractivity contribution in [2.24, 2.45) is 5.92 Å². The van der Waals surface area contributed by atoms with E-state index in [1.54, 1.807) is 12.7 Å². The molecule has 1 aliphatic rings. The Hall–Kier alpha value is -0.820. The van der Waals surface area contributed by atoms with E-state index in [9.17, 15) is 0 Å². The van der Waals surface area contributed by atoms with Crippen LogP contribution in [0.3, 0.4) is 0 Å². The minimum Gasteiger partial charge on any atom is -0.380 e. The maximum atomic E-state index is 5.19. The van der Waals surface area contributed by atoms with E-state index in [0.717, 1.165) is 18.4 Å². The Labute approximate surface area is 137 Å². The summed E-state index contributed by atoms with van der Waals surface area (Å²) in [5, 5.41) is 0. The highest BCUT2D eigenvalue weighted by molar-refractivity contribution is 5.25. The first-order valence-corrected chi connectivity index (χ1v) is 9.41. The summed E-state index contributed by atoms with van der Waals surface area (Å²) in [5.41, 5.74) is 2.83. The molecule has 0 atom stereocenters. The molecule has 0 amide bonds. The van der Waals surface area contributed by atoms with Crippen LogP contribution in [0.1, 0.15) is 88.2 Å². The molecule has 22 heavy (non-hydrogen) atoms. The average molecular weight is 303 g/mol. The monoisotopic (exact) mass is 302 g/mol. The van der Waals surface area contributed by atoms with Crippen LogP contribution in [0.2, 0.25) is 0 Å². The Bertz CT molecular complexity index is 387. The smallest absolute Gasteiger partial charge is 0.0713 e. The molecule has 1 nitrogen and oxygen atoms in total. The minimum atomic E-state index is 0.727. The highest BCUT2D eigenvalue weighted by atomic mass is 16.5. The lowest BCUT2D eigenvalue weighted by atomic mass is 9.77. The summed E-state index contributed by atoms with van der Waals surface area (Å²) >= 11 is 0. The Morgan fingerprint density at radius 3 is 2.23 bits per heavy atom. The molecule has 124 valence electrons. The van der Waals surface area contributed by atoms with Crippen molar-refractivity contribution < 1.29 is 4.74 Å². The largest absolute Gasteiger partial charge is 0.380 e. The van der Waals surface area contributed by atoms with Gasteiger partial charge in [-0.3, -0.25) is 0 Å². The second kappa shape index (κ2) is 10.0. The summed E-state index contributed by atoms with van der Waals surface area (Å²) in [4.78, 5) is 0. The van der Waals surface area contributed by atoms with E-state index >= 15 is 0 Å². The third-order valence-corrected chi connectivity index (χ3v) is 5.32. The molecular formula is C21H34O. The van der Waals surface area contributed by atoms with Crippen molar-refractivity contribution in [2.45, 2.75) is 83.7 Å². The van der Waals surface area contributed by atoms with Crippen LogP contribution in [-0.2, 0) is 11.3 Å². The van der Waals surface area contributed by atoms with Gasteiger partial charge >= 0.3 is 0 Å². The molecule has 0 unspecified atom stereocenters. The third kappa shape index (κ3) is 5.76. The van der Waals surface area contributed by atoms with Gasteiger partial charge in [0.2, 0.25) is 0 Å². The number of benzene rings is 1. The fourth-order valence-electron chi connectivity index (χ4n) is 3.87. The van der Waals surface area contributed by atoms with Gasteiger partial charge in [0, 0.05) is 7.11 Å². The summed E-state index contributed by atoms with van der Waals surface area (Å²) in [6.07, 6.45) is 14.3. The number of hydrogen-bond donors (Lipinski definition) is 0. The molecule has 1 aliphatic carbocycles. The molecule has 1 fully saturated rings. The van der Waals surface area contributed by atoms with Gasteiger partial charge < -0.3 is 4.74 Å². The molecule has 2 rings (SSSR count). The highest BCUT2D eigenvalue weighted by Gasteiger charge is 2.21. The van der Waals surface area contributed by atoms with Gasteiger partial charge in [0.05, 0.1) is 6.61 Å². The Morgan fingerprint density at radius 1 is 0.909 bits per heavy atom. The molecule has 1 aromatic carbocycles. The normalized spacial score (nSPS) is 21.9. The maximum absolute atomic E-state index is 5.19. The van der Waals surface area contributed by atoms with Crippen LogP contribution in [-0.4, -0.2) is 7.11 Å². The van der Waals surface area contributed by atoms with Gasteiger partial charge in [-0.25, -0.2) is 0 Å². The van der Waals surface area contributed by atoms with Crippen molar-refractivity contribution >= 4 is 0 Å². The van der Waals surface area contributed by atoms with Gasteiger partial charge in [0.1, 0.15) is 0 Å². The molecule has 0 bridgehead atoms. The summed E-state index contributed by atoms with van der Waals surface area (Å²) in [6, 6.07) is 9.12. The van der Waals surface area contributed by atoms with Crippen LogP contribution in [0.5, 0.6) is 0 Å². The zero-order valence-corrected chi connectivity index (χ0v) is 14.7. The van der Waals surface area contributed by atoms with Crippen molar-refractivity contribution in [2.75, 3.05) is 7.11 Å². The number of unbranched alkanes of at least 4 members (excludes halogenated alkanes) is 4. The van der Waals surface area contributed by atoms with E-state index in [1.165, 1.54) is 69.8 Å². The molecule has 1 aromatic rings. The van der Waals surface area contributed by atoms with E-state index in [0.29, 0.717) is 0 Å². The summed E-state index contributed by atoms with van der Waals surface area (Å²) in [6.45, 7) is 3.02. The molecule has 1 heteroatoms. The van der Waals surface area contributed by atoms with E-state index in [1.807, 2.05) is 0 Å². The SMILES string of the molecule is CCCCCCCC1CCC(c2ccc(COC)cc2)CC1. The second-order valence-electron chi connectivity index (χ2n) is 7.10. The van der Waals surface area contributed by atoms with Crippen LogP contribution in [0.4, 0.5) is 0 Å². The lowest BCUT2D eigenvalue weighted by Crippen LogP contribution is -2.13. The van der Waals surface area contributed by atoms with Crippen molar-refractivity contribution in [3.8, 4) is 0 Å². The topological polar surface area (TPSA) is 9.23 Å². The fourth-order valence-corrected chi connectivity index (χ4v) is 3.87. The van der Waals surface area contributed by atoms with Crippen molar-refractivity contribution in [3.63, 3.8) is 0 Å². The van der Waals surface area contributed by atoms with Crippen LogP contribution in [0.15, 0.2) is 24.3 Å². The minimum absolute atomic E-state index is 0.727. The second-order valence-corrected chi connectivity index (χ2v) is 7.10. The van der Waals surface area contributed by atoms with E-state index < -0.39 is 0 Å². The van der Waals surface area contributed by atoms with Crippen LogP contribution in [0, 0.1) is 5.92 Å². The van der Waals surface area contributed by atoms with Crippen molar-refractivity contribution in [1.29, 1.82) is 0 Å². The summed E-state index contributed by atoms with van der Waals surface area (Å²) in [5.74, 6) is 1.80. The molecule has 0 aromatic heterocycles. The predicted molar refractivity (Wildman–Crippen MR) is 95.2 cm³/mol. The van der Waals surface area contributed by atoms with Gasteiger partial charge in [0.15, 0.2) is 0 Å². The van der Waals surface area contributed by atoms with Gasteiger partial charge in [-0.05, 0) is 48.6 Å². The van der Waals surface area contributed by atoms with E-state index in [-0.39, 0.29) is 0 Å². The van der Waals surface area contributed by atoms with Gasteiger partial charge in [0.25, 0.3) is 0 Å². The number of ether oxygens (including phenoxy) is 1. The Kier molecular flexibility index (Phi) is 8.01. The van der Waals surface area contributed by atoms with Gasteiger partial charge in [-0.2, -0.15) is 0 Å². The first-order chi connectivity index (χ1) is 10.8. The standard InChI is InChI=1S/C21H34O/c1-3-4-5-6-7-8-18-9-13-20(14-10-18)21-15-11-19(12-16-21)17-22-2/h11-12,15-16,18,20H,3-10,13-14,17H2,1-2H3. The molecule has 0 heterocycles. The molecule has 1 saturated carbocycles. The quantitative estimate of drug-likeness (QED) is 0.475. The van der Waals surface area contributed by atoms with Gasteiger partial charge in [-0.1, -0.05) is 69.7 Å². The highest BCUT2D eigenvalue weighted by Crippen LogP contribution is 2.37. The third-order valence-electron chi connectivity index (χ3n) is 5.32.